The second kappa shape index (κ2) is 6.57. The van der Waals surface area contributed by atoms with E-state index in [0.29, 0.717) is 23.6 Å². The van der Waals surface area contributed by atoms with Crippen LogP contribution < -0.4 is 0 Å². The van der Waals surface area contributed by atoms with Gasteiger partial charge >= 0.3 is 0 Å². The number of benzene rings is 2. The first-order chi connectivity index (χ1) is 12.5. The zero-order valence-electron chi connectivity index (χ0n) is 14.9. The first-order valence-electron chi connectivity index (χ1n) is 8.76. The number of hydrogen-bond donors (Lipinski definition) is 1. The molecular formula is C21H21FN2O2. The zero-order chi connectivity index (χ0) is 18.3. The monoisotopic (exact) mass is 352 g/mol. The van der Waals surface area contributed by atoms with E-state index in [4.69, 9.17) is 4.52 Å². The van der Waals surface area contributed by atoms with E-state index < -0.39 is 0 Å². The van der Waals surface area contributed by atoms with E-state index in [1.54, 1.807) is 12.1 Å². The maximum atomic E-state index is 14.2. The van der Waals surface area contributed by atoms with Gasteiger partial charge in [0.2, 0.25) is 0 Å². The summed E-state index contributed by atoms with van der Waals surface area (Å²) in [7, 11) is 0. The molecule has 2 heterocycles. The van der Waals surface area contributed by atoms with E-state index in [1.807, 2.05) is 32.0 Å². The summed E-state index contributed by atoms with van der Waals surface area (Å²) in [6.45, 7) is 6.12. The molecule has 1 aliphatic rings. The molecule has 0 aliphatic carbocycles. The molecule has 0 spiro atoms. The Morgan fingerprint density at radius 1 is 1.19 bits per heavy atom. The summed E-state index contributed by atoms with van der Waals surface area (Å²) in [4.78, 5) is 2.30. The van der Waals surface area contributed by atoms with Crippen LogP contribution in [0.1, 0.15) is 28.0 Å². The topological polar surface area (TPSA) is 49.5 Å². The lowest BCUT2D eigenvalue weighted by Gasteiger charge is -2.26. The maximum Gasteiger partial charge on any atom is 0.143 e. The summed E-state index contributed by atoms with van der Waals surface area (Å²) in [5, 5.41) is 14.1. The summed E-state index contributed by atoms with van der Waals surface area (Å²) in [5.41, 5.74) is 4.97. The molecule has 0 atom stereocenters. The normalized spacial score (nSPS) is 14.4. The predicted octanol–water partition coefficient (Wildman–Crippen LogP) is 4.36. The number of fused-ring (bicyclic) bond motifs is 1. The van der Waals surface area contributed by atoms with Gasteiger partial charge < -0.3 is 9.63 Å². The molecule has 26 heavy (non-hydrogen) atoms. The van der Waals surface area contributed by atoms with Gasteiger partial charge in [-0.05, 0) is 42.7 Å². The minimum atomic E-state index is -0.287. The van der Waals surface area contributed by atoms with Gasteiger partial charge in [0.25, 0.3) is 0 Å². The van der Waals surface area contributed by atoms with Crippen molar-refractivity contribution in [3.05, 3.63) is 70.2 Å². The summed E-state index contributed by atoms with van der Waals surface area (Å²) in [6, 6.07) is 10.7. The van der Waals surface area contributed by atoms with Crippen LogP contribution >= 0.6 is 0 Å². The minimum absolute atomic E-state index is 0.287. The second-order valence-corrected chi connectivity index (χ2v) is 6.95. The molecular weight excluding hydrogens is 331 g/mol. The molecule has 0 bridgehead atoms. The average molecular weight is 352 g/mol. The number of halogens is 1. The Morgan fingerprint density at radius 2 is 1.92 bits per heavy atom. The first kappa shape index (κ1) is 16.8. The van der Waals surface area contributed by atoms with Gasteiger partial charge in [-0.1, -0.05) is 29.4 Å². The standard InChI is InChI=1S/C21H21FN2O2/c1-13-9-15(10-14(2)21(13)25)11-24-8-7-19-17(12-24)20(23-26-19)16-5-3-4-6-18(16)22/h3-6,9-10,25H,7-8,11-12H2,1-2H3. The van der Waals surface area contributed by atoms with Crippen molar-refractivity contribution in [3.63, 3.8) is 0 Å². The summed E-state index contributed by atoms with van der Waals surface area (Å²) < 4.78 is 19.6. The van der Waals surface area contributed by atoms with Gasteiger partial charge in [-0.15, -0.1) is 0 Å². The van der Waals surface area contributed by atoms with Gasteiger partial charge in [-0.3, -0.25) is 4.90 Å². The van der Waals surface area contributed by atoms with Gasteiger partial charge in [-0.2, -0.15) is 0 Å². The van der Waals surface area contributed by atoms with E-state index in [-0.39, 0.29) is 5.82 Å². The van der Waals surface area contributed by atoms with E-state index in [1.165, 1.54) is 6.07 Å². The fourth-order valence-electron chi connectivity index (χ4n) is 3.66. The maximum absolute atomic E-state index is 14.2. The van der Waals surface area contributed by atoms with Crippen LogP contribution in [0.2, 0.25) is 0 Å². The molecule has 0 radical (unpaired) electrons. The van der Waals surface area contributed by atoms with E-state index in [0.717, 1.165) is 47.5 Å². The van der Waals surface area contributed by atoms with Crippen molar-refractivity contribution >= 4 is 0 Å². The first-order valence-corrected chi connectivity index (χ1v) is 8.76. The van der Waals surface area contributed by atoms with Crippen LogP contribution in [0.25, 0.3) is 11.3 Å². The van der Waals surface area contributed by atoms with Crippen molar-refractivity contribution in [3.8, 4) is 17.0 Å². The molecule has 1 N–H and O–H groups in total. The molecule has 4 rings (SSSR count). The van der Waals surface area contributed by atoms with Crippen LogP contribution in [-0.2, 0) is 19.5 Å². The van der Waals surface area contributed by atoms with Gasteiger partial charge in [0.1, 0.15) is 23.0 Å². The third-order valence-corrected chi connectivity index (χ3v) is 4.99. The van der Waals surface area contributed by atoms with Gasteiger partial charge in [-0.25, -0.2) is 4.39 Å². The Labute approximate surface area is 151 Å². The van der Waals surface area contributed by atoms with E-state index in [2.05, 4.69) is 10.1 Å². The number of nitrogens with zero attached hydrogens (tertiary/aromatic N) is 2. The highest BCUT2D eigenvalue weighted by Gasteiger charge is 2.26. The minimum Gasteiger partial charge on any atom is -0.507 e. The lowest BCUT2D eigenvalue weighted by Crippen LogP contribution is -2.29. The number of aromatic hydroxyl groups is 1. The number of aryl methyl sites for hydroxylation is 2. The zero-order valence-corrected chi connectivity index (χ0v) is 14.9. The van der Waals surface area contributed by atoms with Crippen LogP contribution in [0.5, 0.6) is 5.75 Å². The Kier molecular flexibility index (Phi) is 4.24. The van der Waals surface area contributed by atoms with Gasteiger partial charge in [0.15, 0.2) is 0 Å². The summed E-state index contributed by atoms with van der Waals surface area (Å²) in [6.07, 6.45) is 0.757. The molecule has 0 fully saturated rings. The Hall–Kier alpha value is -2.66. The molecule has 1 aromatic heterocycles. The smallest absolute Gasteiger partial charge is 0.143 e. The largest absolute Gasteiger partial charge is 0.507 e. The molecule has 1 aliphatic heterocycles. The number of hydrogen-bond acceptors (Lipinski definition) is 4. The number of phenols is 1. The highest BCUT2D eigenvalue weighted by Crippen LogP contribution is 2.32. The van der Waals surface area contributed by atoms with Crippen molar-refractivity contribution in [1.29, 1.82) is 0 Å². The number of phenolic OH excluding ortho intramolecular Hbond substituents is 1. The molecule has 0 unspecified atom stereocenters. The Morgan fingerprint density at radius 3 is 2.65 bits per heavy atom. The number of aromatic nitrogens is 1. The Bertz CT molecular complexity index is 941. The lowest BCUT2D eigenvalue weighted by atomic mass is 10.00. The van der Waals surface area contributed by atoms with Crippen LogP contribution in [0.4, 0.5) is 4.39 Å². The quantitative estimate of drug-likeness (QED) is 0.761. The van der Waals surface area contributed by atoms with Crippen molar-refractivity contribution < 1.29 is 14.0 Å². The molecule has 134 valence electrons. The highest BCUT2D eigenvalue weighted by atomic mass is 19.1. The molecule has 0 saturated heterocycles. The van der Waals surface area contributed by atoms with Crippen LogP contribution in [0.3, 0.4) is 0 Å². The van der Waals surface area contributed by atoms with Crippen LogP contribution in [0, 0.1) is 19.7 Å². The van der Waals surface area contributed by atoms with E-state index in [9.17, 15) is 9.50 Å². The molecule has 4 nitrogen and oxygen atoms in total. The SMILES string of the molecule is Cc1cc(CN2CCc3onc(-c4ccccc4F)c3C2)cc(C)c1O. The molecule has 0 amide bonds. The molecule has 2 aromatic carbocycles. The highest BCUT2D eigenvalue weighted by molar-refractivity contribution is 5.64. The molecule has 3 aromatic rings. The Balaban J connectivity index is 1.60. The number of rotatable bonds is 3. The van der Waals surface area contributed by atoms with E-state index >= 15 is 0 Å². The van der Waals surface area contributed by atoms with Crippen molar-refractivity contribution in [2.24, 2.45) is 0 Å². The van der Waals surface area contributed by atoms with Crippen LogP contribution in [-0.4, -0.2) is 21.7 Å². The summed E-state index contributed by atoms with van der Waals surface area (Å²) >= 11 is 0. The van der Waals surface area contributed by atoms with Gasteiger partial charge in [0.05, 0.1) is 0 Å². The third-order valence-electron chi connectivity index (χ3n) is 4.99. The second-order valence-electron chi connectivity index (χ2n) is 6.95. The summed E-state index contributed by atoms with van der Waals surface area (Å²) in [5.74, 6) is 0.915. The molecule has 0 saturated carbocycles. The van der Waals surface area contributed by atoms with Crippen molar-refractivity contribution in [1.82, 2.24) is 10.1 Å². The molecule has 5 heteroatoms. The average Bonchev–Trinajstić information content (AvgIpc) is 3.03. The van der Waals surface area contributed by atoms with Gasteiger partial charge in [0, 0.05) is 37.2 Å². The van der Waals surface area contributed by atoms with Crippen molar-refractivity contribution in [2.45, 2.75) is 33.4 Å². The fourth-order valence-corrected chi connectivity index (χ4v) is 3.66. The van der Waals surface area contributed by atoms with Crippen LogP contribution in [0.15, 0.2) is 40.9 Å². The lowest BCUT2D eigenvalue weighted by molar-refractivity contribution is 0.228. The fraction of sp³-hybridized carbons (Fsp3) is 0.286. The van der Waals surface area contributed by atoms with Crippen molar-refractivity contribution in [2.75, 3.05) is 6.54 Å². The third kappa shape index (κ3) is 2.99. The predicted molar refractivity (Wildman–Crippen MR) is 97.3 cm³/mol.